The molecule has 21 heavy (non-hydrogen) atoms. The first-order valence-corrected chi connectivity index (χ1v) is 6.24. The van der Waals surface area contributed by atoms with Gasteiger partial charge in [0.05, 0.1) is 17.2 Å². The maximum absolute atomic E-state index is 12.7. The molecule has 108 valence electrons. The Hall–Kier alpha value is -2.48. The van der Waals surface area contributed by atoms with E-state index >= 15 is 0 Å². The van der Waals surface area contributed by atoms with E-state index in [0.29, 0.717) is 0 Å². The smallest absolute Gasteiger partial charge is 0.348 e. The van der Waals surface area contributed by atoms with Crippen LogP contribution in [0.25, 0.3) is 11.6 Å². The van der Waals surface area contributed by atoms with Crippen molar-refractivity contribution < 1.29 is 13.2 Å². The van der Waals surface area contributed by atoms with Crippen molar-refractivity contribution >= 4 is 11.6 Å². The molecule has 0 aliphatic rings. The van der Waals surface area contributed by atoms with Crippen LogP contribution in [0.2, 0.25) is 0 Å². The number of alkyl halides is 3. The van der Waals surface area contributed by atoms with Crippen molar-refractivity contribution in [2.45, 2.75) is 13.1 Å². The van der Waals surface area contributed by atoms with E-state index in [2.05, 4.69) is 0 Å². The summed E-state index contributed by atoms with van der Waals surface area (Å²) >= 11 is 0. The molecular weight excluding hydrogens is 277 g/mol. The Morgan fingerprint density at radius 3 is 2.48 bits per heavy atom. The number of allylic oxidation sites excluding steroid dienone is 1. The van der Waals surface area contributed by atoms with Gasteiger partial charge in [0.2, 0.25) is 0 Å². The highest BCUT2D eigenvalue weighted by Gasteiger charge is 2.30. The average Bonchev–Trinajstić information content (AvgIpc) is 2.75. The van der Waals surface area contributed by atoms with Crippen molar-refractivity contribution in [2.24, 2.45) is 7.05 Å². The second kappa shape index (κ2) is 5.49. The predicted octanol–water partition coefficient (Wildman–Crippen LogP) is 4.42. The quantitative estimate of drug-likeness (QED) is 0.753. The van der Waals surface area contributed by atoms with Gasteiger partial charge in [0.1, 0.15) is 0 Å². The predicted molar refractivity (Wildman–Crippen MR) is 75.1 cm³/mol. The van der Waals surface area contributed by atoms with Gasteiger partial charge in [-0.2, -0.15) is 18.4 Å². The minimum atomic E-state index is -4.42. The summed E-state index contributed by atoms with van der Waals surface area (Å²) in [5, 5.41) is 9.22. The summed E-state index contributed by atoms with van der Waals surface area (Å²) in [4.78, 5) is 0. The largest absolute Gasteiger partial charge is 0.416 e. The third-order valence-corrected chi connectivity index (χ3v) is 3.33. The van der Waals surface area contributed by atoms with Crippen LogP contribution in [0.4, 0.5) is 13.2 Å². The second-order valence-electron chi connectivity index (χ2n) is 4.71. The zero-order valence-electron chi connectivity index (χ0n) is 11.6. The summed E-state index contributed by atoms with van der Waals surface area (Å²) in [7, 11) is 1.84. The fraction of sp³-hybridized carbons (Fsp3) is 0.188. The first-order chi connectivity index (χ1) is 9.82. The van der Waals surface area contributed by atoms with E-state index < -0.39 is 11.7 Å². The molecular formula is C16H13F3N2. The fourth-order valence-corrected chi connectivity index (χ4v) is 1.97. The van der Waals surface area contributed by atoms with Crippen LogP contribution in [0.1, 0.15) is 22.5 Å². The lowest BCUT2D eigenvalue weighted by Gasteiger charge is -2.08. The van der Waals surface area contributed by atoms with Gasteiger partial charge >= 0.3 is 6.18 Å². The molecule has 2 aromatic rings. The third-order valence-electron chi connectivity index (χ3n) is 3.33. The molecule has 5 heteroatoms. The molecule has 0 radical (unpaired) electrons. The van der Waals surface area contributed by atoms with Crippen molar-refractivity contribution in [1.82, 2.24) is 4.57 Å². The molecule has 0 aliphatic heterocycles. The normalized spacial score (nSPS) is 12.3. The van der Waals surface area contributed by atoms with Crippen molar-refractivity contribution in [1.29, 1.82) is 5.26 Å². The summed E-state index contributed by atoms with van der Waals surface area (Å²) in [6.45, 7) is 1.91. The molecule has 0 fully saturated rings. The van der Waals surface area contributed by atoms with Gasteiger partial charge in [-0.1, -0.05) is 12.1 Å². The maximum atomic E-state index is 12.7. The summed E-state index contributed by atoms with van der Waals surface area (Å²) in [5.74, 6) is 0. The van der Waals surface area contributed by atoms with Crippen molar-refractivity contribution in [3.8, 4) is 6.07 Å². The Morgan fingerprint density at radius 1 is 1.24 bits per heavy atom. The van der Waals surface area contributed by atoms with Gasteiger partial charge in [-0.15, -0.1) is 0 Å². The highest BCUT2D eigenvalue weighted by atomic mass is 19.4. The summed E-state index contributed by atoms with van der Waals surface area (Å²) in [6.07, 6.45) is -2.83. The van der Waals surface area contributed by atoms with E-state index in [1.165, 1.54) is 12.1 Å². The van der Waals surface area contributed by atoms with Crippen molar-refractivity contribution in [3.05, 3.63) is 58.9 Å². The molecule has 0 saturated heterocycles. The molecule has 0 spiro atoms. The Kier molecular flexibility index (Phi) is 3.90. The Labute approximate surface area is 120 Å². The molecule has 0 saturated carbocycles. The first-order valence-electron chi connectivity index (χ1n) is 6.24. The lowest BCUT2D eigenvalue weighted by Crippen LogP contribution is -2.05. The number of aryl methyl sites for hydroxylation is 1. The van der Waals surface area contributed by atoms with Crippen molar-refractivity contribution in [3.63, 3.8) is 0 Å². The van der Waals surface area contributed by atoms with Crippen LogP contribution >= 0.6 is 0 Å². The SMILES string of the molecule is Cc1ccc(/C=C(/C#N)c2cccc(C(F)(F)F)c2)n1C. The van der Waals surface area contributed by atoms with E-state index in [-0.39, 0.29) is 11.1 Å². The van der Waals surface area contributed by atoms with Crippen molar-refractivity contribution in [2.75, 3.05) is 0 Å². The second-order valence-corrected chi connectivity index (χ2v) is 4.71. The van der Waals surface area contributed by atoms with E-state index in [4.69, 9.17) is 0 Å². The van der Waals surface area contributed by atoms with Crippen LogP contribution < -0.4 is 0 Å². The minimum Gasteiger partial charge on any atom is -0.348 e. The zero-order valence-corrected chi connectivity index (χ0v) is 11.6. The minimum absolute atomic E-state index is 0.197. The van der Waals surface area contributed by atoms with Gasteiger partial charge in [0, 0.05) is 18.4 Å². The number of benzene rings is 1. The van der Waals surface area contributed by atoms with Gasteiger partial charge < -0.3 is 4.57 Å². The molecule has 2 nitrogen and oxygen atoms in total. The monoisotopic (exact) mass is 290 g/mol. The molecule has 0 atom stereocenters. The molecule has 0 unspecified atom stereocenters. The van der Waals surface area contributed by atoms with Crippen LogP contribution in [0.3, 0.4) is 0 Å². The van der Waals surface area contributed by atoms with Gasteiger partial charge in [0.25, 0.3) is 0 Å². The highest BCUT2D eigenvalue weighted by molar-refractivity contribution is 5.89. The number of nitrogens with zero attached hydrogens (tertiary/aromatic N) is 2. The number of aromatic nitrogens is 1. The maximum Gasteiger partial charge on any atom is 0.416 e. The topological polar surface area (TPSA) is 28.7 Å². The van der Waals surface area contributed by atoms with Crippen LogP contribution in [-0.4, -0.2) is 4.57 Å². The Morgan fingerprint density at radius 2 is 1.95 bits per heavy atom. The summed E-state index contributed by atoms with van der Waals surface area (Å²) in [6, 6.07) is 10.5. The van der Waals surface area contributed by atoms with Crippen LogP contribution in [0.5, 0.6) is 0 Å². The lowest BCUT2D eigenvalue weighted by molar-refractivity contribution is -0.137. The van der Waals surface area contributed by atoms with Crippen LogP contribution in [0.15, 0.2) is 36.4 Å². The standard InChI is InChI=1S/C16H13F3N2/c1-11-6-7-15(21(11)2)9-13(10-20)12-4-3-5-14(8-12)16(17,18)19/h3-9H,1-2H3/b13-9-. The Balaban J connectivity index is 2.48. The summed E-state index contributed by atoms with van der Waals surface area (Å²) in [5.41, 5.74) is 1.46. The molecule has 1 aromatic carbocycles. The van der Waals surface area contributed by atoms with Gasteiger partial charge in [0.15, 0.2) is 0 Å². The average molecular weight is 290 g/mol. The number of rotatable bonds is 2. The number of hydrogen-bond donors (Lipinski definition) is 0. The highest BCUT2D eigenvalue weighted by Crippen LogP contribution is 2.31. The van der Waals surface area contributed by atoms with E-state index in [0.717, 1.165) is 23.5 Å². The Bertz CT molecular complexity index is 731. The van der Waals surface area contributed by atoms with Crippen LogP contribution in [-0.2, 0) is 13.2 Å². The molecule has 0 aliphatic carbocycles. The van der Waals surface area contributed by atoms with E-state index in [9.17, 15) is 18.4 Å². The van der Waals surface area contributed by atoms with Gasteiger partial charge in [-0.25, -0.2) is 0 Å². The fourth-order valence-electron chi connectivity index (χ4n) is 1.97. The van der Waals surface area contributed by atoms with Crippen LogP contribution in [0, 0.1) is 18.3 Å². The number of halogens is 3. The molecule has 1 heterocycles. The van der Waals surface area contributed by atoms with E-state index in [1.807, 2.05) is 36.7 Å². The number of nitriles is 1. The molecule has 0 amide bonds. The third kappa shape index (κ3) is 3.16. The van der Waals surface area contributed by atoms with Gasteiger partial charge in [-0.05, 0) is 42.8 Å². The molecule has 1 aromatic heterocycles. The summed E-state index contributed by atoms with van der Waals surface area (Å²) < 4.78 is 40.0. The van der Waals surface area contributed by atoms with Gasteiger partial charge in [-0.3, -0.25) is 0 Å². The molecule has 0 bridgehead atoms. The zero-order chi connectivity index (χ0) is 15.6. The van der Waals surface area contributed by atoms with E-state index in [1.54, 1.807) is 6.08 Å². The molecule has 0 N–H and O–H groups in total. The first kappa shape index (κ1) is 14.9. The molecule has 2 rings (SSSR count). The number of hydrogen-bond acceptors (Lipinski definition) is 1. The lowest BCUT2D eigenvalue weighted by atomic mass is 10.0.